The van der Waals surface area contributed by atoms with Crippen molar-refractivity contribution in [2.75, 3.05) is 0 Å². The molecular weight excluding hydrogens is 374 g/mol. The van der Waals surface area contributed by atoms with Crippen molar-refractivity contribution in [3.8, 4) is 0 Å². The van der Waals surface area contributed by atoms with E-state index in [-0.39, 0.29) is 18.1 Å². The molecule has 1 N–H and O–H groups in total. The van der Waals surface area contributed by atoms with Crippen LogP contribution in [0.4, 0.5) is 0 Å². The Kier molecular flexibility index (Phi) is 7.32. The highest BCUT2D eigenvalue weighted by molar-refractivity contribution is 5.74. The molecule has 2 aromatic rings. The second kappa shape index (κ2) is 9.76. The van der Waals surface area contributed by atoms with Gasteiger partial charge in [-0.3, -0.25) is 9.69 Å². The Balaban J connectivity index is 1.95. The zero-order chi connectivity index (χ0) is 21.7. The Morgan fingerprint density at radius 1 is 1.07 bits per heavy atom. The highest BCUT2D eigenvalue weighted by Crippen LogP contribution is 2.36. The van der Waals surface area contributed by atoms with Crippen molar-refractivity contribution >= 4 is 5.97 Å². The van der Waals surface area contributed by atoms with Crippen molar-refractivity contribution in [1.82, 2.24) is 4.90 Å². The van der Waals surface area contributed by atoms with Crippen LogP contribution in [-0.4, -0.2) is 33.7 Å². The first kappa shape index (κ1) is 22.5. The van der Waals surface area contributed by atoms with E-state index in [2.05, 4.69) is 36.1 Å². The third-order valence-electron chi connectivity index (χ3n) is 5.92. The number of carbonyl (C=O) groups is 1. The van der Waals surface area contributed by atoms with E-state index >= 15 is 0 Å². The van der Waals surface area contributed by atoms with Crippen LogP contribution < -0.4 is 0 Å². The number of esters is 1. The number of rotatable bonds is 6. The van der Waals surface area contributed by atoms with Gasteiger partial charge in [-0.2, -0.15) is 0 Å². The summed E-state index contributed by atoms with van der Waals surface area (Å²) in [7, 11) is 0. The molecule has 1 saturated carbocycles. The van der Waals surface area contributed by atoms with Crippen LogP contribution in [0.15, 0.2) is 60.7 Å². The Bertz CT molecular complexity index is 800. The van der Waals surface area contributed by atoms with Crippen molar-refractivity contribution < 1.29 is 14.6 Å². The third kappa shape index (κ3) is 5.71. The second-order valence-corrected chi connectivity index (χ2v) is 9.37. The summed E-state index contributed by atoms with van der Waals surface area (Å²) in [5, 5.41) is 10.8. The van der Waals surface area contributed by atoms with Crippen LogP contribution in [0.5, 0.6) is 0 Å². The SMILES string of the molecule is C[C@@H](c1ccccc1)N(Cc1ccccc1)[C@H]1CCC[C@H](O)[C@@H]1C(=O)OC(C)(C)C. The maximum atomic E-state index is 13.1. The van der Waals surface area contributed by atoms with Gasteiger partial charge in [-0.05, 0) is 58.1 Å². The average molecular weight is 410 g/mol. The van der Waals surface area contributed by atoms with Crippen molar-refractivity contribution in [3.05, 3.63) is 71.8 Å². The number of hydrogen-bond donors (Lipinski definition) is 1. The van der Waals surface area contributed by atoms with Crippen molar-refractivity contribution in [1.29, 1.82) is 0 Å². The molecule has 0 amide bonds. The minimum absolute atomic E-state index is 0.0842. The van der Waals surface area contributed by atoms with Crippen LogP contribution in [0.1, 0.15) is 64.1 Å². The molecule has 30 heavy (non-hydrogen) atoms. The third-order valence-corrected chi connectivity index (χ3v) is 5.92. The van der Waals surface area contributed by atoms with E-state index < -0.39 is 17.6 Å². The lowest BCUT2D eigenvalue weighted by molar-refractivity contribution is -0.171. The van der Waals surface area contributed by atoms with E-state index in [0.717, 1.165) is 12.8 Å². The summed E-state index contributed by atoms with van der Waals surface area (Å²) in [4.78, 5) is 15.5. The van der Waals surface area contributed by atoms with Gasteiger partial charge in [0.15, 0.2) is 0 Å². The van der Waals surface area contributed by atoms with Crippen LogP contribution in [0.25, 0.3) is 0 Å². The topological polar surface area (TPSA) is 49.8 Å². The number of carbonyl (C=O) groups excluding carboxylic acids is 1. The van der Waals surface area contributed by atoms with Crippen LogP contribution >= 0.6 is 0 Å². The van der Waals surface area contributed by atoms with Gasteiger partial charge >= 0.3 is 5.97 Å². The van der Waals surface area contributed by atoms with Gasteiger partial charge in [-0.25, -0.2) is 0 Å². The Hall–Kier alpha value is -2.17. The van der Waals surface area contributed by atoms with Crippen LogP contribution in [0.3, 0.4) is 0 Å². The number of nitrogens with zero attached hydrogens (tertiary/aromatic N) is 1. The predicted octanol–water partition coefficient (Wildman–Crippen LogP) is 5.12. The monoisotopic (exact) mass is 409 g/mol. The van der Waals surface area contributed by atoms with Gasteiger partial charge in [-0.1, -0.05) is 60.7 Å². The predicted molar refractivity (Wildman–Crippen MR) is 120 cm³/mol. The molecule has 0 aromatic heterocycles. The van der Waals surface area contributed by atoms with Crippen LogP contribution in [0, 0.1) is 5.92 Å². The fraction of sp³-hybridized carbons (Fsp3) is 0.500. The normalized spacial score (nSPS) is 23.2. The van der Waals surface area contributed by atoms with E-state index in [1.54, 1.807) is 0 Å². The first-order valence-corrected chi connectivity index (χ1v) is 11.0. The highest BCUT2D eigenvalue weighted by atomic mass is 16.6. The first-order chi connectivity index (χ1) is 14.3. The van der Waals surface area contributed by atoms with Crippen LogP contribution in [-0.2, 0) is 16.1 Å². The summed E-state index contributed by atoms with van der Waals surface area (Å²) in [6.07, 6.45) is 1.72. The second-order valence-electron chi connectivity index (χ2n) is 9.37. The lowest BCUT2D eigenvalue weighted by atomic mass is 9.80. The lowest BCUT2D eigenvalue weighted by Gasteiger charge is -2.44. The number of aliphatic hydroxyl groups excluding tert-OH is 1. The quantitative estimate of drug-likeness (QED) is 0.673. The molecule has 3 rings (SSSR count). The minimum Gasteiger partial charge on any atom is -0.460 e. The van der Waals surface area contributed by atoms with Gasteiger partial charge < -0.3 is 9.84 Å². The summed E-state index contributed by atoms with van der Waals surface area (Å²) < 4.78 is 5.74. The molecule has 0 radical (unpaired) electrons. The Labute approximate surface area is 180 Å². The van der Waals surface area contributed by atoms with E-state index in [1.807, 2.05) is 57.2 Å². The summed E-state index contributed by atoms with van der Waals surface area (Å²) in [6.45, 7) is 8.54. The highest BCUT2D eigenvalue weighted by Gasteiger charge is 2.44. The average Bonchev–Trinajstić information content (AvgIpc) is 2.71. The van der Waals surface area contributed by atoms with Gasteiger partial charge in [0.25, 0.3) is 0 Å². The van der Waals surface area contributed by atoms with Crippen molar-refractivity contribution in [3.63, 3.8) is 0 Å². The molecule has 4 heteroatoms. The van der Waals surface area contributed by atoms with Crippen molar-refractivity contribution in [2.24, 2.45) is 5.92 Å². The maximum Gasteiger partial charge on any atom is 0.313 e. The van der Waals surface area contributed by atoms with Gasteiger partial charge in [0, 0.05) is 18.6 Å². The summed E-state index contributed by atoms with van der Waals surface area (Å²) in [5.41, 5.74) is 1.83. The van der Waals surface area contributed by atoms with E-state index in [1.165, 1.54) is 11.1 Å². The van der Waals surface area contributed by atoms with Gasteiger partial charge in [0.2, 0.25) is 0 Å². The van der Waals surface area contributed by atoms with Crippen molar-refractivity contribution in [2.45, 2.75) is 77.3 Å². The molecule has 0 aliphatic heterocycles. The molecule has 0 spiro atoms. The Morgan fingerprint density at radius 2 is 1.67 bits per heavy atom. The molecule has 0 heterocycles. The molecular formula is C26H35NO3. The molecule has 0 saturated heterocycles. The Morgan fingerprint density at radius 3 is 2.27 bits per heavy atom. The number of hydrogen-bond acceptors (Lipinski definition) is 4. The molecule has 0 bridgehead atoms. The summed E-state index contributed by atoms with van der Waals surface area (Å²) in [6, 6.07) is 20.7. The van der Waals surface area contributed by atoms with Gasteiger partial charge in [0.1, 0.15) is 5.60 Å². The molecule has 1 aliphatic rings. The van der Waals surface area contributed by atoms with E-state index in [0.29, 0.717) is 13.0 Å². The molecule has 4 atom stereocenters. The molecule has 1 fully saturated rings. The largest absolute Gasteiger partial charge is 0.460 e. The van der Waals surface area contributed by atoms with E-state index in [4.69, 9.17) is 4.74 Å². The van der Waals surface area contributed by atoms with Crippen LogP contribution in [0.2, 0.25) is 0 Å². The smallest absolute Gasteiger partial charge is 0.313 e. The number of ether oxygens (including phenoxy) is 1. The van der Waals surface area contributed by atoms with Gasteiger partial charge in [0.05, 0.1) is 12.0 Å². The maximum absolute atomic E-state index is 13.1. The number of benzene rings is 2. The lowest BCUT2D eigenvalue weighted by Crippen LogP contribution is -2.52. The molecule has 4 nitrogen and oxygen atoms in total. The van der Waals surface area contributed by atoms with Gasteiger partial charge in [-0.15, -0.1) is 0 Å². The standard InChI is InChI=1S/C26H35NO3/c1-19(21-14-9-6-10-15-21)27(18-20-12-7-5-8-13-20)22-16-11-17-23(28)24(22)25(29)30-26(2,3)4/h5-10,12-15,19,22-24,28H,11,16-18H2,1-4H3/t19-,22-,23-,24+/m0/s1. The molecule has 162 valence electrons. The molecule has 0 unspecified atom stereocenters. The number of aliphatic hydroxyl groups is 1. The zero-order valence-corrected chi connectivity index (χ0v) is 18.6. The first-order valence-electron chi connectivity index (χ1n) is 11.0. The fourth-order valence-electron chi connectivity index (χ4n) is 4.47. The molecule has 2 aromatic carbocycles. The zero-order valence-electron chi connectivity index (χ0n) is 18.6. The molecule has 1 aliphatic carbocycles. The minimum atomic E-state index is -0.681. The summed E-state index contributed by atoms with van der Waals surface area (Å²) >= 11 is 0. The van der Waals surface area contributed by atoms with E-state index in [9.17, 15) is 9.90 Å². The fourth-order valence-corrected chi connectivity index (χ4v) is 4.47. The summed E-state index contributed by atoms with van der Waals surface area (Å²) in [5.74, 6) is -0.842.